The van der Waals surface area contributed by atoms with Crippen molar-refractivity contribution in [2.75, 3.05) is 13.2 Å². The number of epoxide rings is 1. The molecule has 0 spiro atoms. The first-order valence-electron chi connectivity index (χ1n) is 10.9. The molecule has 1 aromatic rings. The van der Waals surface area contributed by atoms with E-state index in [4.69, 9.17) is 23.7 Å². The van der Waals surface area contributed by atoms with E-state index >= 15 is 0 Å². The first-order valence-corrected chi connectivity index (χ1v) is 10.9. The number of carbonyl (C=O) groups excluding carboxylic acids is 1. The van der Waals surface area contributed by atoms with Crippen LogP contribution in [0.4, 0.5) is 0 Å². The van der Waals surface area contributed by atoms with Crippen molar-refractivity contribution in [2.45, 2.75) is 54.8 Å². The van der Waals surface area contributed by atoms with E-state index in [1.54, 1.807) is 6.08 Å². The lowest BCUT2D eigenvalue weighted by atomic mass is 9.85. The molecule has 0 amide bonds. The molecule has 0 unspecified atom stereocenters. The van der Waals surface area contributed by atoms with Gasteiger partial charge in [0.25, 0.3) is 0 Å². The van der Waals surface area contributed by atoms with E-state index in [1.165, 1.54) is 30.5 Å². The third-order valence-corrected chi connectivity index (χ3v) is 6.94. The molecular formula is C22H26O12. The van der Waals surface area contributed by atoms with Gasteiger partial charge in [0.15, 0.2) is 6.29 Å². The summed E-state index contributed by atoms with van der Waals surface area (Å²) < 4.78 is 28.3. The molecule has 0 aromatic heterocycles. The Hall–Kier alpha value is -2.29. The predicted molar refractivity (Wildman–Crippen MR) is 108 cm³/mol. The summed E-state index contributed by atoms with van der Waals surface area (Å²) in [6.45, 7) is -1.04. The topological polar surface area (TPSA) is 188 Å². The standard InChI is InChI=1S/C22H26O12/c23-7-12-14(26)15(27)16(28)21(31-12)33-20-13-11(5-6-30-20)17(18-22(13,8-24)34-18)32-19(29)9-1-3-10(25)4-2-9/h1-6,11-18,20-21,23-28H,7-8H2/t11-,12-,13-,14-,15+,16-,17-,18+,20-,21+,22-/m1/s1. The summed E-state index contributed by atoms with van der Waals surface area (Å²) in [6, 6.07) is 5.56. The SMILES string of the molecule is O=C(O[C@@H]1[C@@H]2C=CO[C@H](O[C@@H]3O[C@H](CO)[C@@H](O)[C@H](O)[C@H]3O)[C@@H]2[C@@]2(CO)O[C@@H]12)c1ccc(O)cc1. The summed E-state index contributed by atoms with van der Waals surface area (Å²) in [7, 11) is 0. The van der Waals surface area contributed by atoms with Crippen LogP contribution in [0.3, 0.4) is 0 Å². The molecule has 4 aliphatic rings. The maximum Gasteiger partial charge on any atom is 0.338 e. The summed E-state index contributed by atoms with van der Waals surface area (Å²) in [6.07, 6.45) is -6.99. The molecule has 0 bridgehead atoms. The van der Waals surface area contributed by atoms with Gasteiger partial charge in [-0.2, -0.15) is 0 Å². The molecule has 3 fully saturated rings. The number of aliphatic hydroxyl groups is 5. The number of rotatable bonds is 6. The summed E-state index contributed by atoms with van der Waals surface area (Å²) in [5.41, 5.74) is -0.907. The fourth-order valence-electron chi connectivity index (χ4n) is 5.08. The van der Waals surface area contributed by atoms with Crippen molar-refractivity contribution in [1.29, 1.82) is 0 Å². The number of carbonyl (C=O) groups is 1. The van der Waals surface area contributed by atoms with Crippen molar-refractivity contribution in [3.05, 3.63) is 42.2 Å². The van der Waals surface area contributed by atoms with E-state index < -0.39 is 85.8 Å². The molecule has 12 nitrogen and oxygen atoms in total. The van der Waals surface area contributed by atoms with Crippen LogP contribution in [0.2, 0.25) is 0 Å². The van der Waals surface area contributed by atoms with Gasteiger partial charge in [0.1, 0.15) is 48.0 Å². The number of esters is 1. The molecule has 2 saturated heterocycles. The Morgan fingerprint density at radius 2 is 1.76 bits per heavy atom. The van der Waals surface area contributed by atoms with E-state index in [0.717, 1.165) is 0 Å². The highest BCUT2D eigenvalue weighted by Gasteiger charge is 2.77. The van der Waals surface area contributed by atoms with Gasteiger partial charge in [-0.05, 0) is 30.3 Å². The molecule has 6 N–H and O–H groups in total. The van der Waals surface area contributed by atoms with Gasteiger partial charge >= 0.3 is 5.97 Å². The van der Waals surface area contributed by atoms with Crippen molar-refractivity contribution in [3.63, 3.8) is 0 Å². The molecule has 1 saturated carbocycles. The first-order chi connectivity index (χ1) is 16.3. The Balaban J connectivity index is 1.34. The zero-order valence-corrected chi connectivity index (χ0v) is 17.8. The largest absolute Gasteiger partial charge is 0.508 e. The van der Waals surface area contributed by atoms with Crippen LogP contribution in [0.15, 0.2) is 36.6 Å². The average Bonchev–Trinajstić information content (AvgIpc) is 3.52. The number of phenolic OH excluding ortho intramolecular Hbond substituents is 1. The number of fused-ring (bicyclic) bond motifs is 3. The lowest BCUT2D eigenvalue weighted by Gasteiger charge is -2.43. The van der Waals surface area contributed by atoms with Crippen LogP contribution in [0.1, 0.15) is 10.4 Å². The minimum absolute atomic E-state index is 0.00264. The first kappa shape index (κ1) is 23.5. The molecule has 1 aliphatic carbocycles. The zero-order valence-electron chi connectivity index (χ0n) is 17.8. The molecular weight excluding hydrogens is 456 g/mol. The Labute approximate surface area is 193 Å². The monoisotopic (exact) mass is 482 g/mol. The van der Waals surface area contributed by atoms with Crippen LogP contribution in [0.5, 0.6) is 5.75 Å². The van der Waals surface area contributed by atoms with Gasteiger partial charge in [0.2, 0.25) is 6.29 Å². The molecule has 34 heavy (non-hydrogen) atoms. The van der Waals surface area contributed by atoms with Gasteiger partial charge in [-0.3, -0.25) is 0 Å². The van der Waals surface area contributed by atoms with Crippen LogP contribution in [0.25, 0.3) is 0 Å². The van der Waals surface area contributed by atoms with Gasteiger partial charge in [0.05, 0.1) is 31.0 Å². The average molecular weight is 482 g/mol. The van der Waals surface area contributed by atoms with Crippen molar-refractivity contribution in [3.8, 4) is 5.75 Å². The van der Waals surface area contributed by atoms with E-state index in [2.05, 4.69) is 0 Å². The zero-order chi connectivity index (χ0) is 24.2. The molecule has 3 aliphatic heterocycles. The van der Waals surface area contributed by atoms with E-state index in [-0.39, 0.29) is 11.3 Å². The molecule has 11 atom stereocenters. The third kappa shape index (κ3) is 3.67. The van der Waals surface area contributed by atoms with Crippen LogP contribution < -0.4 is 0 Å². The summed E-state index contributed by atoms with van der Waals surface area (Å²) in [5, 5.41) is 59.3. The molecule has 0 radical (unpaired) electrons. The van der Waals surface area contributed by atoms with Gasteiger partial charge < -0.3 is 54.3 Å². The minimum atomic E-state index is -1.64. The molecule has 5 rings (SSSR count). The smallest absolute Gasteiger partial charge is 0.338 e. The molecule has 3 heterocycles. The van der Waals surface area contributed by atoms with E-state index in [1.807, 2.05) is 0 Å². The fraction of sp³-hybridized carbons (Fsp3) is 0.591. The van der Waals surface area contributed by atoms with Crippen LogP contribution in [-0.4, -0.2) is 105 Å². The highest BCUT2D eigenvalue weighted by Crippen LogP contribution is 2.60. The van der Waals surface area contributed by atoms with Crippen molar-refractivity contribution in [1.82, 2.24) is 0 Å². The van der Waals surface area contributed by atoms with Crippen molar-refractivity contribution in [2.24, 2.45) is 11.8 Å². The number of benzene rings is 1. The fourth-order valence-corrected chi connectivity index (χ4v) is 5.08. The number of aromatic hydroxyl groups is 1. The minimum Gasteiger partial charge on any atom is -0.508 e. The van der Waals surface area contributed by atoms with Crippen molar-refractivity contribution >= 4 is 5.97 Å². The highest BCUT2D eigenvalue weighted by molar-refractivity contribution is 5.89. The number of hydrogen-bond donors (Lipinski definition) is 6. The molecule has 186 valence electrons. The van der Waals surface area contributed by atoms with E-state index in [0.29, 0.717) is 0 Å². The maximum atomic E-state index is 12.7. The second-order valence-corrected chi connectivity index (χ2v) is 8.84. The van der Waals surface area contributed by atoms with Crippen LogP contribution in [0, 0.1) is 11.8 Å². The summed E-state index contributed by atoms with van der Waals surface area (Å²) in [4.78, 5) is 12.7. The number of aliphatic hydroxyl groups excluding tert-OH is 5. The van der Waals surface area contributed by atoms with Gasteiger partial charge in [-0.15, -0.1) is 0 Å². The summed E-state index contributed by atoms with van der Waals surface area (Å²) >= 11 is 0. The molecule has 1 aromatic carbocycles. The maximum absolute atomic E-state index is 12.7. The number of hydrogen-bond acceptors (Lipinski definition) is 12. The number of phenols is 1. The van der Waals surface area contributed by atoms with Crippen LogP contribution in [-0.2, 0) is 23.7 Å². The second-order valence-electron chi connectivity index (χ2n) is 8.84. The third-order valence-electron chi connectivity index (χ3n) is 6.94. The number of ether oxygens (including phenoxy) is 5. The lowest BCUT2D eigenvalue weighted by molar-refractivity contribution is -0.344. The Morgan fingerprint density at radius 1 is 1.03 bits per heavy atom. The quantitative estimate of drug-likeness (QED) is 0.193. The Bertz CT molecular complexity index is 934. The second kappa shape index (κ2) is 8.73. The van der Waals surface area contributed by atoms with Crippen LogP contribution >= 0.6 is 0 Å². The van der Waals surface area contributed by atoms with Gasteiger partial charge in [-0.1, -0.05) is 0 Å². The normalized spacial score (nSPS) is 44.6. The Morgan fingerprint density at radius 3 is 2.44 bits per heavy atom. The lowest BCUT2D eigenvalue weighted by Crippen LogP contribution is -2.60. The highest BCUT2D eigenvalue weighted by atomic mass is 16.8. The van der Waals surface area contributed by atoms with Crippen molar-refractivity contribution < 1.29 is 59.1 Å². The molecule has 12 heteroatoms. The van der Waals surface area contributed by atoms with Gasteiger partial charge in [-0.25, -0.2) is 4.79 Å². The predicted octanol–water partition coefficient (Wildman–Crippen LogP) is -2.02. The Kier molecular flexibility index (Phi) is 6.02. The van der Waals surface area contributed by atoms with Gasteiger partial charge in [0, 0.05) is 5.92 Å². The summed E-state index contributed by atoms with van der Waals surface area (Å²) in [5.74, 6) is -1.78. The van der Waals surface area contributed by atoms with E-state index in [9.17, 15) is 35.4 Å².